The van der Waals surface area contributed by atoms with Crippen LogP contribution in [0.5, 0.6) is 0 Å². The molecule has 1 saturated heterocycles. The summed E-state index contributed by atoms with van der Waals surface area (Å²) in [6.45, 7) is 13.5. The SMILES string of the molecule is CCNC(C)c1ccc(N2CC(C)OC(C)(C)C2)cn1. The summed E-state index contributed by atoms with van der Waals surface area (Å²) in [5.41, 5.74) is 2.17. The van der Waals surface area contributed by atoms with Gasteiger partial charge in [0.1, 0.15) is 0 Å². The molecule has 1 aromatic heterocycles. The molecule has 2 unspecified atom stereocenters. The average Bonchev–Trinajstić information content (AvgIpc) is 2.37. The quantitative estimate of drug-likeness (QED) is 0.918. The summed E-state index contributed by atoms with van der Waals surface area (Å²) in [7, 11) is 0. The highest BCUT2D eigenvalue weighted by Gasteiger charge is 2.31. The third-order valence-electron chi connectivity index (χ3n) is 3.66. The molecule has 0 bridgehead atoms. The summed E-state index contributed by atoms with van der Waals surface area (Å²) < 4.78 is 5.95. The molecule has 2 rings (SSSR count). The molecule has 2 heterocycles. The first-order valence-corrected chi connectivity index (χ1v) is 7.53. The van der Waals surface area contributed by atoms with Gasteiger partial charge < -0.3 is 15.0 Å². The van der Waals surface area contributed by atoms with E-state index in [0.29, 0.717) is 6.04 Å². The van der Waals surface area contributed by atoms with Gasteiger partial charge in [0, 0.05) is 19.1 Å². The molecular formula is C16H27N3O. The molecule has 0 amide bonds. The zero-order chi connectivity index (χ0) is 14.8. The van der Waals surface area contributed by atoms with Crippen molar-refractivity contribution in [3.63, 3.8) is 0 Å². The van der Waals surface area contributed by atoms with Gasteiger partial charge in [-0.25, -0.2) is 0 Å². The van der Waals surface area contributed by atoms with Crippen LogP contribution < -0.4 is 10.2 Å². The molecule has 1 aliphatic rings. The second-order valence-electron chi connectivity index (χ2n) is 6.29. The zero-order valence-corrected chi connectivity index (χ0v) is 13.3. The zero-order valence-electron chi connectivity index (χ0n) is 13.3. The van der Waals surface area contributed by atoms with Crippen LogP contribution in [-0.4, -0.2) is 36.3 Å². The molecule has 2 atom stereocenters. The maximum atomic E-state index is 5.95. The minimum atomic E-state index is -0.104. The number of hydrogen-bond donors (Lipinski definition) is 1. The van der Waals surface area contributed by atoms with Crippen molar-refractivity contribution in [2.24, 2.45) is 0 Å². The number of pyridine rings is 1. The topological polar surface area (TPSA) is 37.4 Å². The fourth-order valence-electron chi connectivity index (χ4n) is 2.90. The number of aromatic nitrogens is 1. The lowest BCUT2D eigenvalue weighted by Gasteiger charge is -2.42. The molecule has 0 aliphatic carbocycles. The highest BCUT2D eigenvalue weighted by molar-refractivity contribution is 5.46. The van der Waals surface area contributed by atoms with Gasteiger partial charge in [-0.2, -0.15) is 0 Å². The van der Waals surface area contributed by atoms with E-state index >= 15 is 0 Å². The first-order chi connectivity index (χ1) is 9.41. The highest BCUT2D eigenvalue weighted by Crippen LogP contribution is 2.26. The number of nitrogens with one attached hydrogen (secondary N) is 1. The number of morpholine rings is 1. The van der Waals surface area contributed by atoms with Crippen LogP contribution in [0.1, 0.15) is 46.4 Å². The van der Waals surface area contributed by atoms with Gasteiger partial charge in [-0.1, -0.05) is 6.92 Å². The molecule has 4 heteroatoms. The maximum absolute atomic E-state index is 5.95. The summed E-state index contributed by atoms with van der Waals surface area (Å²) in [5, 5.41) is 3.38. The van der Waals surface area contributed by atoms with E-state index in [2.05, 4.69) is 62.0 Å². The van der Waals surface area contributed by atoms with Gasteiger partial charge in [0.25, 0.3) is 0 Å². The molecule has 20 heavy (non-hydrogen) atoms. The number of hydrogen-bond acceptors (Lipinski definition) is 4. The van der Waals surface area contributed by atoms with Crippen molar-refractivity contribution < 1.29 is 4.74 Å². The number of nitrogens with zero attached hydrogens (tertiary/aromatic N) is 2. The number of rotatable bonds is 4. The smallest absolute Gasteiger partial charge is 0.0805 e. The Morgan fingerprint density at radius 3 is 2.80 bits per heavy atom. The molecule has 0 radical (unpaired) electrons. The molecule has 0 spiro atoms. The van der Waals surface area contributed by atoms with Crippen LogP contribution in [0, 0.1) is 0 Å². The summed E-state index contributed by atoms with van der Waals surface area (Å²) in [5.74, 6) is 0. The van der Waals surface area contributed by atoms with Crippen molar-refractivity contribution in [1.29, 1.82) is 0 Å². The van der Waals surface area contributed by atoms with Gasteiger partial charge in [0.15, 0.2) is 0 Å². The fraction of sp³-hybridized carbons (Fsp3) is 0.688. The molecule has 0 saturated carbocycles. The van der Waals surface area contributed by atoms with Crippen LogP contribution in [0.2, 0.25) is 0 Å². The number of anilines is 1. The summed E-state index contributed by atoms with van der Waals surface area (Å²) in [6.07, 6.45) is 2.23. The first-order valence-electron chi connectivity index (χ1n) is 7.53. The van der Waals surface area contributed by atoms with Crippen molar-refractivity contribution in [3.8, 4) is 0 Å². The van der Waals surface area contributed by atoms with E-state index in [1.165, 1.54) is 5.69 Å². The highest BCUT2D eigenvalue weighted by atomic mass is 16.5. The summed E-state index contributed by atoms with van der Waals surface area (Å²) >= 11 is 0. The van der Waals surface area contributed by atoms with Gasteiger partial charge >= 0.3 is 0 Å². The molecule has 0 aromatic carbocycles. The van der Waals surface area contributed by atoms with Crippen LogP contribution in [0.15, 0.2) is 18.3 Å². The van der Waals surface area contributed by atoms with Gasteiger partial charge in [-0.05, 0) is 46.4 Å². The van der Waals surface area contributed by atoms with Gasteiger partial charge in [-0.3, -0.25) is 4.98 Å². The van der Waals surface area contributed by atoms with E-state index in [4.69, 9.17) is 4.74 Å². The average molecular weight is 277 g/mol. The Bertz CT molecular complexity index is 430. The van der Waals surface area contributed by atoms with Gasteiger partial charge in [0.05, 0.1) is 29.3 Å². The summed E-state index contributed by atoms with van der Waals surface area (Å²) in [6, 6.07) is 4.59. The molecule has 1 fully saturated rings. The van der Waals surface area contributed by atoms with E-state index in [1.54, 1.807) is 0 Å². The predicted octanol–water partition coefficient (Wildman–Crippen LogP) is 2.76. The summed E-state index contributed by atoms with van der Waals surface area (Å²) in [4.78, 5) is 6.96. The Kier molecular flexibility index (Phi) is 4.66. The van der Waals surface area contributed by atoms with Crippen LogP contribution in [0.4, 0.5) is 5.69 Å². The van der Waals surface area contributed by atoms with Crippen molar-refractivity contribution in [3.05, 3.63) is 24.0 Å². The maximum Gasteiger partial charge on any atom is 0.0805 e. The minimum Gasteiger partial charge on any atom is -0.369 e. The van der Waals surface area contributed by atoms with E-state index in [1.807, 2.05) is 6.20 Å². The van der Waals surface area contributed by atoms with Crippen LogP contribution in [0.25, 0.3) is 0 Å². The third-order valence-corrected chi connectivity index (χ3v) is 3.66. The van der Waals surface area contributed by atoms with E-state index in [-0.39, 0.29) is 11.7 Å². The minimum absolute atomic E-state index is 0.104. The van der Waals surface area contributed by atoms with Crippen molar-refractivity contribution in [2.75, 3.05) is 24.5 Å². The molecule has 1 aromatic rings. The van der Waals surface area contributed by atoms with E-state index in [0.717, 1.165) is 25.3 Å². The van der Waals surface area contributed by atoms with Crippen molar-refractivity contribution >= 4 is 5.69 Å². The van der Waals surface area contributed by atoms with Gasteiger partial charge in [0.2, 0.25) is 0 Å². The fourth-order valence-corrected chi connectivity index (χ4v) is 2.90. The lowest BCUT2D eigenvalue weighted by atomic mass is 10.0. The van der Waals surface area contributed by atoms with Crippen LogP contribution >= 0.6 is 0 Å². The predicted molar refractivity (Wildman–Crippen MR) is 83.2 cm³/mol. The molecule has 4 nitrogen and oxygen atoms in total. The Hall–Kier alpha value is -1.13. The second kappa shape index (κ2) is 6.10. The second-order valence-corrected chi connectivity index (χ2v) is 6.29. The molecule has 1 N–H and O–H groups in total. The monoisotopic (exact) mass is 277 g/mol. The van der Waals surface area contributed by atoms with Crippen molar-refractivity contribution in [2.45, 2.75) is 52.4 Å². The molecular weight excluding hydrogens is 250 g/mol. The van der Waals surface area contributed by atoms with Crippen LogP contribution in [0.3, 0.4) is 0 Å². The van der Waals surface area contributed by atoms with Gasteiger partial charge in [-0.15, -0.1) is 0 Å². The lowest BCUT2D eigenvalue weighted by Crippen LogP contribution is -2.52. The Balaban J connectivity index is 2.09. The molecule has 1 aliphatic heterocycles. The van der Waals surface area contributed by atoms with E-state index < -0.39 is 0 Å². The van der Waals surface area contributed by atoms with Crippen molar-refractivity contribution in [1.82, 2.24) is 10.3 Å². The third kappa shape index (κ3) is 3.70. The Morgan fingerprint density at radius 1 is 1.50 bits per heavy atom. The molecule has 112 valence electrons. The first kappa shape index (κ1) is 15.3. The van der Waals surface area contributed by atoms with Crippen LogP contribution in [-0.2, 0) is 4.74 Å². The Morgan fingerprint density at radius 2 is 2.25 bits per heavy atom. The Labute approximate surface area is 122 Å². The standard InChI is InChI=1S/C16H27N3O/c1-6-17-13(3)15-8-7-14(9-18-15)19-10-12(2)20-16(4,5)11-19/h7-9,12-13,17H,6,10-11H2,1-5H3. The van der Waals surface area contributed by atoms with E-state index in [9.17, 15) is 0 Å². The largest absolute Gasteiger partial charge is 0.369 e. The lowest BCUT2D eigenvalue weighted by molar-refractivity contribution is -0.0749. The normalized spacial score (nSPS) is 23.6. The number of ether oxygens (including phenoxy) is 1.